The summed E-state index contributed by atoms with van der Waals surface area (Å²) in [7, 11) is 0. The Bertz CT molecular complexity index is 1670. The van der Waals surface area contributed by atoms with Crippen LogP contribution in [-0.2, 0) is 0 Å². The minimum Gasteiger partial charge on any atom is -0.308 e. The third kappa shape index (κ3) is 2.18. The molecule has 0 radical (unpaired) electrons. The molecule has 0 saturated heterocycles. The molecule has 136 valence electrons. The van der Waals surface area contributed by atoms with Crippen LogP contribution in [0.4, 0.5) is 0 Å². The topological polar surface area (TPSA) is 4.41 Å². The van der Waals surface area contributed by atoms with Crippen molar-refractivity contribution in [1.82, 2.24) is 4.40 Å². The van der Waals surface area contributed by atoms with E-state index in [1.54, 1.807) is 6.08 Å². The Morgan fingerprint density at radius 2 is 1.52 bits per heavy atom. The predicted molar refractivity (Wildman–Crippen MR) is 126 cm³/mol. The van der Waals surface area contributed by atoms with E-state index in [9.17, 15) is 0 Å². The summed E-state index contributed by atoms with van der Waals surface area (Å²) in [4.78, 5) is 0. The van der Waals surface area contributed by atoms with Crippen molar-refractivity contribution in [2.24, 2.45) is 0 Å². The van der Waals surface area contributed by atoms with Crippen LogP contribution in [0.2, 0.25) is 5.02 Å². The van der Waals surface area contributed by atoms with Gasteiger partial charge in [-0.1, -0.05) is 41.8 Å². The van der Waals surface area contributed by atoms with Gasteiger partial charge in [-0.3, -0.25) is 0 Å². The lowest BCUT2D eigenvalue weighted by atomic mass is 10.0. The minimum atomic E-state index is 0.758. The van der Waals surface area contributed by atoms with E-state index < -0.39 is 0 Å². The Hall–Kier alpha value is -3.47. The number of nitrogens with zero attached hydrogens (tertiary/aromatic N) is 1. The van der Waals surface area contributed by atoms with Gasteiger partial charge in [0.2, 0.25) is 0 Å². The van der Waals surface area contributed by atoms with Crippen LogP contribution in [0.1, 0.15) is 11.1 Å². The van der Waals surface area contributed by atoms with Gasteiger partial charge < -0.3 is 4.40 Å². The molecule has 0 bridgehead atoms. The van der Waals surface area contributed by atoms with E-state index in [0.717, 1.165) is 10.6 Å². The summed E-state index contributed by atoms with van der Waals surface area (Å²) in [5, 5.41) is 8.06. The van der Waals surface area contributed by atoms with Gasteiger partial charge in [0.15, 0.2) is 0 Å². The van der Waals surface area contributed by atoms with Crippen LogP contribution in [0.25, 0.3) is 54.9 Å². The smallest absolute Gasteiger partial charge is 0.0621 e. The zero-order chi connectivity index (χ0) is 19.7. The third-order valence-electron chi connectivity index (χ3n) is 5.97. The van der Waals surface area contributed by atoms with Crippen molar-refractivity contribution in [3.8, 4) is 12.3 Å². The largest absolute Gasteiger partial charge is 0.308 e. The Kier molecular flexibility index (Phi) is 3.28. The highest BCUT2D eigenvalue weighted by molar-refractivity contribution is 6.35. The molecule has 2 heteroatoms. The predicted octanol–water partition coefficient (Wildman–Crippen LogP) is 7.60. The summed E-state index contributed by atoms with van der Waals surface area (Å²) in [5.41, 5.74) is 5.98. The average Bonchev–Trinajstić information content (AvgIpc) is 3.20. The van der Waals surface area contributed by atoms with E-state index in [4.69, 9.17) is 18.0 Å². The quantitative estimate of drug-likeness (QED) is 0.255. The molecule has 2 aromatic heterocycles. The number of aryl methyl sites for hydroxylation is 1. The minimum absolute atomic E-state index is 0.758. The normalized spacial score (nSPS) is 12.3. The number of hydrogen-bond donors (Lipinski definition) is 0. The molecule has 0 unspecified atom stereocenters. The fraction of sp³-hybridized carbons (Fsp3) is 0.0370. The number of fused-ring (bicyclic) bond motifs is 7. The van der Waals surface area contributed by atoms with Crippen molar-refractivity contribution in [2.75, 3.05) is 0 Å². The summed E-state index contributed by atoms with van der Waals surface area (Å²) in [6, 6.07) is 21.7. The summed E-state index contributed by atoms with van der Waals surface area (Å²) in [5.74, 6) is 2.59. The van der Waals surface area contributed by atoms with Crippen LogP contribution >= 0.6 is 11.6 Å². The molecule has 0 aliphatic carbocycles. The molecule has 0 fully saturated rings. The fourth-order valence-electron chi connectivity index (χ4n) is 4.68. The highest BCUT2D eigenvalue weighted by atomic mass is 35.5. The van der Waals surface area contributed by atoms with E-state index in [2.05, 4.69) is 77.9 Å². The van der Waals surface area contributed by atoms with Gasteiger partial charge in [0, 0.05) is 26.6 Å². The molecule has 0 N–H and O–H groups in total. The standard InChI is InChI=1S/C27H16ClN/c1-3-4-7-17-11-21-23-14-20(28)15-24-22-12-18-8-5-6-9-19(18)13-26(22)29(27(23)24)25(21)10-16(17)2/h1,4-15H,2H3/b7-4-. The van der Waals surface area contributed by atoms with Crippen LogP contribution in [0.15, 0.2) is 66.7 Å². The Morgan fingerprint density at radius 3 is 2.24 bits per heavy atom. The number of halogens is 1. The lowest BCUT2D eigenvalue weighted by molar-refractivity contribution is 1.35. The van der Waals surface area contributed by atoms with Crippen molar-refractivity contribution in [3.05, 3.63) is 82.9 Å². The maximum atomic E-state index is 6.57. The Labute approximate surface area is 173 Å². The molecule has 4 aromatic carbocycles. The van der Waals surface area contributed by atoms with Gasteiger partial charge in [-0.15, -0.1) is 6.42 Å². The van der Waals surface area contributed by atoms with Crippen molar-refractivity contribution in [3.63, 3.8) is 0 Å². The van der Waals surface area contributed by atoms with E-state index in [1.165, 1.54) is 54.4 Å². The molecule has 0 aliphatic heterocycles. The van der Waals surface area contributed by atoms with Crippen LogP contribution < -0.4 is 0 Å². The Morgan fingerprint density at radius 1 is 0.862 bits per heavy atom. The molecule has 6 rings (SSSR count). The molecule has 6 aromatic rings. The van der Waals surface area contributed by atoms with Crippen molar-refractivity contribution < 1.29 is 0 Å². The number of aromatic nitrogens is 1. The molecular weight excluding hydrogens is 374 g/mol. The van der Waals surface area contributed by atoms with E-state index >= 15 is 0 Å². The third-order valence-corrected chi connectivity index (χ3v) is 6.19. The number of terminal acetylenes is 1. The second kappa shape index (κ2) is 5.77. The molecule has 0 atom stereocenters. The highest BCUT2D eigenvalue weighted by Crippen LogP contribution is 2.42. The van der Waals surface area contributed by atoms with Crippen LogP contribution in [-0.4, -0.2) is 4.40 Å². The number of allylic oxidation sites excluding steroid dienone is 1. The first-order valence-corrected chi connectivity index (χ1v) is 9.98. The van der Waals surface area contributed by atoms with Crippen LogP contribution in [0, 0.1) is 19.3 Å². The number of benzene rings is 4. The zero-order valence-corrected chi connectivity index (χ0v) is 16.6. The molecule has 1 nitrogen and oxygen atoms in total. The molecule has 0 spiro atoms. The van der Waals surface area contributed by atoms with Crippen molar-refractivity contribution in [1.29, 1.82) is 0 Å². The van der Waals surface area contributed by atoms with Gasteiger partial charge in [-0.05, 0) is 77.4 Å². The first-order valence-electron chi connectivity index (χ1n) is 9.60. The van der Waals surface area contributed by atoms with Crippen molar-refractivity contribution in [2.45, 2.75) is 6.92 Å². The van der Waals surface area contributed by atoms with E-state index in [1.807, 2.05) is 6.08 Å². The molecule has 29 heavy (non-hydrogen) atoms. The van der Waals surface area contributed by atoms with Gasteiger partial charge in [0.25, 0.3) is 0 Å². The van der Waals surface area contributed by atoms with Gasteiger partial charge in [0.1, 0.15) is 0 Å². The maximum absolute atomic E-state index is 6.57. The first kappa shape index (κ1) is 16.5. The molecular formula is C27H16ClN. The fourth-order valence-corrected chi connectivity index (χ4v) is 4.90. The Balaban J connectivity index is 1.89. The summed E-state index contributed by atoms with van der Waals surface area (Å²) >= 11 is 6.57. The van der Waals surface area contributed by atoms with Crippen LogP contribution in [0.5, 0.6) is 0 Å². The first-order chi connectivity index (χ1) is 14.2. The second-order valence-electron chi connectivity index (χ2n) is 7.63. The monoisotopic (exact) mass is 389 g/mol. The molecule has 0 aliphatic rings. The zero-order valence-electron chi connectivity index (χ0n) is 15.8. The summed E-state index contributed by atoms with van der Waals surface area (Å²) < 4.78 is 2.39. The number of rotatable bonds is 1. The summed E-state index contributed by atoms with van der Waals surface area (Å²) in [6.45, 7) is 2.13. The molecule has 2 heterocycles. The lowest BCUT2D eigenvalue weighted by Crippen LogP contribution is -1.85. The maximum Gasteiger partial charge on any atom is 0.0621 e. The van der Waals surface area contributed by atoms with Gasteiger partial charge in [-0.2, -0.15) is 0 Å². The lowest BCUT2D eigenvalue weighted by Gasteiger charge is -2.05. The van der Waals surface area contributed by atoms with E-state index in [0.29, 0.717) is 0 Å². The SMILES string of the molecule is C#C/C=C\c1cc2c3cc(Cl)cc4c5cc6ccccc6cc5n(c2cc1C)c34. The highest BCUT2D eigenvalue weighted by Gasteiger charge is 2.19. The van der Waals surface area contributed by atoms with Crippen LogP contribution in [0.3, 0.4) is 0 Å². The molecule has 0 amide bonds. The van der Waals surface area contributed by atoms with Crippen molar-refractivity contribution >= 4 is 66.5 Å². The average molecular weight is 390 g/mol. The van der Waals surface area contributed by atoms with Gasteiger partial charge in [-0.25, -0.2) is 0 Å². The van der Waals surface area contributed by atoms with Gasteiger partial charge >= 0.3 is 0 Å². The van der Waals surface area contributed by atoms with E-state index in [-0.39, 0.29) is 0 Å². The molecule has 0 saturated carbocycles. The van der Waals surface area contributed by atoms with Gasteiger partial charge in [0.05, 0.1) is 16.6 Å². The summed E-state index contributed by atoms with van der Waals surface area (Å²) in [6.07, 6.45) is 9.17. The second-order valence-corrected chi connectivity index (χ2v) is 8.06. The number of hydrogen-bond acceptors (Lipinski definition) is 0.